The fraction of sp³-hybridized carbons (Fsp3) is 0.333. The fourth-order valence-electron chi connectivity index (χ4n) is 2.55. The predicted octanol–water partition coefficient (Wildman–Crippen LogP) is 2.15. The Bertz CT molecular complexity index is 574. The molecule has 1 saturated carbocycles. The number of hydrogen-bond acceptors (Lipinski definition) is 5. The first-order valence-corrected chi connectivity index (χ1v) is 6.56. The molecule has 2 aliphatic rings. The Morgan fingerprint density at radius 1 is 1.05 bits per heavy atom. The van der Waals surface area contributed by atoms with Gasteiger partial charge in [-0.3, -0.25) is 0 Å². The number of carbonyl (C=O) groups excluding carboxylic acids is 2. The van der Waals surface area contributed by atoms with E-state index >= 15 is 0 Å². The number of phenolic OH excluding ortho intramolecular Hbond substituents is 1. The molecule has 3 rings (SSSR count). The van der Waals surface area contributed by atoms with Gasteiger partial charge in [0, 0.05) is 18.4 Å². The molecule has 0 radical (unpaired) electrons. The Hall–Kier alpha value is -2.30. The van der Waals surface area contributed by atoms with Crippen molar-refractivity contribution in [3.8, 4) is 5.75 Å². The molecule has 0 atom stereocenters. The summed E-state index contributed by atoms with van der Waals surface area (Å²) in [6.45, 7) is 0. The number of hydrogen-bond donors (Lipinski definition) is 1. The van der Waals surface area contributed by atoms with Crippen LogP contribution in [0.15, 0.2) is 29.8 Å². The first-order valence-electron chi connectivity index (χ1n) is 6.56. The summed E-state index contributed by atoms with van der Waals surface area (Å²) in [5, 5.41) is 9.67. The van der Waals surface area contributed by atoms with Crippen molar-refractivity contribution >= 4 is 18.0 Å². The van der Waals surface area contributed by atoms with Crippen LogP contribution in [0.5, 0.6) is 5.75 Å². The van der Waals surface area contributed by atoms with Crippen molar-refractivity contribution in [2.45, 2.75) is 31.5 Å². The van der Waals surface area contributed by atoms with Crippen molar-refractivity contribution in [2.24, 2.45) is 0 Å². The zero-order valence-corrected chi connectivity index (χ0v) is 10.8. The number of aromatic hydroxyl groups is 1. The van der Waals surface area contributed by atoms with Crippen molar-refractivity contribution in [3.05, 3.63) is 35.4 Å². The Morgan fingerprint density at radius 2 is 1.65 bits per heavy atom. The smallest absolute Gasteiger partial charge is 0.348 e. The third-order valence-electron chi connectivity index (χ3n) is 3.60. The molecular weight excluding hydrogens is 260 g/mol. The molecule has 5 nitrogen and oxygen atoms in total. The Morgan fingerprint density at radius 3 is 2.25 bits per heavy atom. The van der Waals surface area contributed by atoms with Crippen LogP contribution >= 0.6 is 0 Å². The minimum atomic E-state index is -1.07. The summed E-state index contributed by atoms with van der Waals surface area (Å²) < 4.78 is 10.6. The van der Waals surface area contributed by atoms with Crippen LogP contribution in [0.3, 0.4) is 0 Å². The van der Waals surface area contributed by atoms with Gasteiger partial charge in [0.1, 0.15) is 11.3 Å². The van der Waals surface area contributed by atoms with Crippen LogP contribution in [0.2, 0.25) is 0 Å². The normalized spacial score (nSPS) is 20.7. The Labute approximate surface area is 115 Å². The minimum absolute atomic E-state index is 0.0123. The number of ether oxygens (including phenoxy) is 2. The fourth-order valence-corrected chi connectivity index (χ4v) is 2.55. The van der Waals surface area contributed by atoms with E-state index in [0.29, 0.717) is 18.4 Å². The molecule has 1 heterocycles. The second kappa shape index (κ2) is 4.67. The molecule has 0 unspecified atom stereocenters. The molecule has 1 spiro atoms. The SMILES string of the molecule is O=C1OC2(CCCC2)OC(=O)C1=Cc1ccccc1O. The average Bonchev–Trinajstić information content (AvgIpc) is 2.84. The zero-order valence-electron chi connectivity index (χ0n) is 10.8. The van der Waals surface area contributed by atoms with Crippen LogP contribution in [0.1, 0.15) is 31.2 Å². The van der Waals surface area contributed by atoms with Gasteiger partial charge in [-0.2, -0.15) is 0 Å². The van der Waals surface area contributed by atoms with Crippen molar-refractivity contribution in [3.63, 3.8) is 0 Å². The van der Waals surface area contributed by atoms with Gasteiger partial charge in [-0.1, -0.05) is 18.2 Å². The quantitative estimate of drug-likeness (QED) is 0.482. The van der Waals surface area contributed by atoms with Crippen LogP contribution in [-0.4, -0.2) is 22.8 Å². The van der Waals surface area contributed by atoms with Gasteiger partial charge in [-0.25, -0.2) is 9.59 Å². The number of phenols is 1. The molecule has 1 aromatic rings. The molecular formula is C15H14O5. The predicted molar refractivity (Wildman–Crippen MR) is 69.5 cm³/mol. The van der Waals surface area contributed by atoms with Gasteiger partial charge in [0.05, 0.1) is 0 Å². The molecule has 104 valence electrons. The Balaban J connectivity index is 1.90. The summed E-state index contributed by atoms with van der Waals surface area (Å²) in [4.78, 5) is 24.0. The summed E-state index contributed by atoms with van der Waals surface area (Å²) in [5.74, 6) is -2.45. The van der Waals surface area contributed by atoms with Gasteiger partial charge in [0.2, 0.25) is 0 Å². The lowest BCUT2D eigenvalue weighted by Gasteiger charge is -2.32. The van der Waals surface area contributed by atoms with Gasteiger partial charge in [0.25, 0.3) is 5.79 Å². The number of esters is 2. The summed E-state index contributed by atoms with van der Waals surface area (Å²) in [5.41, 5.74) is 0.183. The van der Waals surface area contributed by atoms with E-state index in [-0.39, 0.29) is 11.3 Å². The van der Waals surface area contributed by atoms with E-state index in [9.17, 15) is 14.7 Å². The highest BCUT2D eigenvalue weighted by atomic mass is 16.7. The minimum Gasteiger partial charge on any atom is -0.507 e. The molecule has 0 amide bonds. The third kappa shape index (κ3) is 2.15. The van der Waals surface area contributed by atoms with Crippen molar-refractivity contribution in [1.82, 2.24) is 0 Å². The van der Waals surface area contributed by atoms with E-state index in [1.54, 1.807) is 18.2 Å². The first-order chi connectivity index (χ1) is 9.60. The molecule has 0 bridgehead atoms. The number of carbonyl (C=O) groups is 2. The molecule has 1 aliphatic carbocycles. The molecule has 20 heavy (non-hydrogen) atoms. The zero-order chi connectivity index (χ0) is 14.2. The molecule has 1 N–H and O–H groups in total. The molecule has 2 fully saturated rings. The molecule has 1 saturated heterocycles. The Kier molecular flexibility index (Phi) is 2.97. The molecule has 0 aromatic heterocycles. The van der Waals surface area contributed by atoms with E-state index in [1.807, 2.05) is 0 Å². The van der Waals surface area contributed by atoms with Gasteiger partial charge in [-0.05, 0) is 25.0 Å². The summed E-state index contributed by atoms with van der Waals surface area (Å²) in [7, 11) is 0. The maximum atomic E-state index is 12.0. The lowest BCUT2D eigenvalue weighted by atomic mass is 10.1. The summed E-state index contributed by atoms with van der Waals surface area (Å²) in [6.07, 6.45) is 4.14. The maximum Gasteiger partial charge on any atom is 0.348 e. The van der Waals surface area contributed by atoms with E-state index in [2.05, 4.69) is 0 Å². The second-order valence-corrected chi connectivity index (χ2v) is 5.01. The van der Waals surface area contributed by atoms with Crippen LogP contribution < -0.4 is 0 Å². The van der Waals surface area contributed by atoms with Crippen LogP contribution in [0, 0.1) is 0 Å². The first kappa shape index (κ1) is 12.7. The second-order valence-electron chi connectivity index (χ2n) is 5.01. The average molecular weight is 274 g/mol. The van der Waals surface area contributed by atoms with Crippen molar-refractivity contribution < 1.29 is 24.2 Å². The van der Waals surface area contributed by atoms with Crippen LogP contribution in [0.4, 0.5) is 0 Å². The molecule has 5 heteroatoms. The van der Waals surface area contributed by atoms with E-state index in [1.165, 1.54) is 12.1 Å². The van der Waals surface area contributed by atoms with Crippen LogP contribution in [-0.2, 0) is 19.1 Å². The van der Waals surface area contributed by atoms with E-state index in [0.717, 1.165) is 12.8 Å². The monoisotopic (exact) mass is 274 g/mol. The summed E-state index contributed by atoms with van der Waals surface area (Å²) >= 11 is 0. The van der Waals surface area contributed by atoms with Gasteiger partial charge in [-0.15, -0.1) is 0 Å². The number of benzene rings is 1. The van der Waals surface area contributed by atoms with Crippen molar-refractivity contribution in [1.29, 1.82) is 0 Å². The highest BCUT2D eigenvalue weighted by Crippen LogP contribution is 2.38. The van der Waals surface area contributed by atoms with Crippen molar-refractivity contribution in [2.75, 3.05) is 0 Å². The third-order valence-corrected chi connectivity index (χ3v) is 3.60. The maximum absolute atomic E-state index is 12.0. The van der Waals surface area contributed by atoms with E-state index < -0.39 is 17.7 Å². The van der Waals surface area contributed by atoms with Gasteiger partial charge in [0.15, 0.2) is 0 Å². The van der Waals surface area contributed by atoms with Gasteiger partial charge < -0.3 is 14.6 Å². The van der Waals surface area contributed by atoms with E-state index in [4.69, 9.17) is 9.47 Å². The summed E-state index contributed by atoms with van der Waals surface area (Å²) in [6, 6.07) is 6.43. The lowest BCUT2D eigenvalue weighted by molar-refractivity contribution is -0.232. The number of rotatable bonds is 1. The van der Waals surface area contributed by atoms with Gasteiger partial charge >= 0.3 is 11.9 Å². The highest BCUT2D eigenvalue weighted by molar-refractivity contribution is 6.19. The number of para-hydroxylation sites is 1. The molecule has 1 aliphatic heterocycles. The largest absolute Gasteiger partial charge is 0.507 e. The molecule has 1 aromatic carbocycles. The van der Waals surface area contributed by atoms with Crippen LogP contribution in [0.25, 0.3) is 6.08 Å². The lowest BCUT2D eigenvalue weighted by Crippen LogP contribution is -2.44. The highest BCUT2D eigenvalue weighted by Gasteiger charge is 2.47. The topological polar surface area (TPSA) is 72.8 Å². The standard InChI is InChI=1S/C15H14O5/c16-12-6-2-1-5-10(12)9-11-13(17)19-15(20-14(11)18)7-3-4-8-15/h1-2,5-6,9,16H,3-4,7-8H2.